The predicted molar refractivity (Wildman–Crippen MR) is 59.0 cm³/mol. The van der Waals surface area contributed by atoms with Gasteiger partial charge >= 0.3 is 0 Å². The number of carbonyl (C=O) groups is 1. The highest BCUT2D eigenvalue weighted by Gasteiger charge is 2.16. The van der Waals surface area contributed by atoms with Crippen molar-refractivity contribution in [2.45, 2.75) is 26.8 Å². The summed E-state index contributed by atoms with van der Waals surface area (Å²) in [6.45, 7) is 8.11. The number of hydrogen-bond acceptors (Lipinski definition) is 3. The Kier molecular flexibility index (Phi) is 6.49. The van der Waals surface area contributed by atoms with E-state index in [0.29, 0.717) is 12.5 Å². The number of rotatable bonds is 6. The van der Waals surface area contributed by atoms with Crippen molar-refractivity contribution in [3.05, 3.63) is 0 Å². The van der Waals surface area contributed by atoms with E-state index in [4.69, 9.17) is 5.73 Å². The number of carbonyl (C=O) groups excluding carboxylic acids is 1. The van der Waals surface area contributed by atoms with Crippen LogP contribution in [0, 0.1) is 5.92 Å². The van der Waals surface area contributed by atoms with Gasteiger partial charge in [-0.2, -0.15) is 0 Å². The van der Waals surface area contributed by atoms with Crippen molar-refractivity contribution < 1.29 is 4.79 Å². The molecule has 84 valence electrons. The molecule has 4 heteroatoms. The van der Waals surface area contributed by atoms with E-state index in [1.165, 1.54) is 0 Å². The maximum atomic E-state index is 11.6. The third-order valence-corrected chi connectivity index (χ3v) is 2.21. The monoisotopic (exact) mass is 201 g/mol. The van der Waals surface area contributed by atoms with Gasteiger partial charge in [-0.25, -0.2) is 0 Å². The Balaban J connectivity index is 3.86. The molecule has 0 rings (SSSR count). The topological polar surface area (TPSA) is 58.4 Å². The van der Waals surface area contributed by atoms with Crippen LogP contribution in [0.2, 0.25) is 0 Å². The summed E-state index contributed by atoms with van der Waals surface area (Å²) in [5.74, 6) is 0.570. The van der Waals surface area contributed by atoms with Gasteiger partial charge in [0, 0.05) is 19.6 Å². The van der Waals surface area contributed by atoms with Crippen LogP contribution in [0.4, 0.5) is 0 Å². The fourth-order valence-electron chi connectivity index (χ4n) is 1.05. The molecule has 0 fully saturated rings. The van der Waals surface area contributed by atoms with Crippen LogP contribution in [0.1, 0.15) is 20.8 Å². The van der Waals surface area contributed by atoms with E-state index in [-0.39, 0.29) is 11.9 Å². The molecule has 0 radical (unpaired) electrons. The SMILES string of the molecule is CC(C)CNC(=O)C(C)N(C)CCN. The lowest BCUT2D eigenvalue weighted by Crippen LogP contribution is -2.45. The van der Waals surface area contributed by atoms with Crippen LogP contribution >= 0.6 is 0 Å². The molecule has 0 aromatic carbocycles. The molecule has 0 spiro atoms. The van der Waals surface area contributed by atoms with E-state index < -0.39 is 0 Å². The molecule has 0 heterocycles. The lowest BCUT2D eigenvalue weighted by atomic mass is 10.2. The minimum Gasteiger partial charge on any atom is -0.354 e. The molecule has 14 heavy (non-hydrogen) atoms. The Morgan fingerprint density at radius 1 is 1.43 bits per heavy atom. The molecule has 1 unspecified atom stereocenters. The van der Waals surface area contributed by atoms with Crippen LogP contribution in [-0.4, -0.2) is 43.5 Å². The van der Waals surface area contributed by atoms with Gasteiger partial charge in [0.05, 0.1) is 6.04 Å². The maximum absolute atomic E-state index is 11.6. The van der Waals surface area contributed by atoms with Crippen LogP contribution in [0.5, 0.6) is 0 Å². The molecular formula is C10H23N3O. The number of amides is 1. The average molecular weight is 201 g/mol. The zero-order valence-corrected chi connectivity index (χ0v) is 9.71. The summed E-state index contributed by atoms with van der Waals surface area (Å²) in [7, 11) is 1.91. The Morgan fingerprint density at radius 3 is 2.43 bits per heavy atom. The van der Waals surface area contributed by atoms with E-state index in [1.54, 1.807) is 0 Å². The summed E-state index contributed by atoms with van der Waals surface area (Å²) in [5.41, 5.74) is 5.42. The molecule has 0 aliphatic carbocycles. The molecule has 0 aromatic rings. The van der Waals surface area contributed by atoms with Crippen LogP contribution in [-0.2, 0) is 4.79 Å². The minimum absolute atomic E-state index is 0.0784. The highest BCUT2D eigenvalue weighted by Crippen LogP contribution is 1.95. The average Bonchev–Trinajstić information content (AvgIpc) is 2.13. The lowest BCUT2D eigenvalue weighted by molar-refractivity contribution is -0.125. The van der Waals surface area contributed by atoms with Gasteiger partial charge in [-0.05, 0) is 19.9 Å². The first kappa shape index (κ1) is 13.4. The summed E-state index contributed by atoms with van der Waals surface area (Å²) in [6.07, 6.45) is 0. The van der Waals surface area contributed by atoms with Gasteiger partial charge in [0.2, 0.25) is 5.91 Å². The number of nitrogens with zero attached hydrogens (tertiary/aromatic N) is 1. The quantitative estimate of drug-likeness (QED) is 0.638. The molecule has 1 amide bonds. The van der Waals surface area contributed by atoms with Gasteiger partial charge in [0.1, 0.15) is 0 Å². The third-order valence-electron chi connectivity index (χ3n) is 2.21. The molecule has 0 aliphatic heterocycles. The minimum atomic E-state index is -0.0997. The molecule has 0 saturated heterocycles. The van der Waals surface area contributed by atoms with E-state index in [2.05, 4.69) is 19.2 Å². The standard InChI is InChI=1S/C10H23N3O/c1-8(2)7-12-10(14)9(3)13(4)6-5-11/h8-9H,5-7,11H2,1-4H3,(H,12,14). The van der Waals surface area contributed by atoms with E-state index >= 15 is 0 Å². The first-order valence-corrected chi connectivity index (χ1v) is 5.17. The highest BCUT2D eigenvalue weighted by molar-refractivity contribution is 5.81. The molecule has 0 bridgehead atoms. The van der Waals surface area contributed by atoms with Gasteiger partial charge in [0.25, 0.3) is 0 Å². The summed E-state index contributed by atoms with van der Waals surface area (Å²) >= 11 is 0. The van der Waals surface area contributed by atoms with Gasteiger partial charge < -0.3 is 11.1 Å². The zero-order valence-electron chi connectivity index (χ0n) is 9.71. The fraction of sp³-hybridized carbons (Fsp3) is 0.900. The van der Waals surface area contributed by atoms with Crippen LogP contribution in [0.15, 0.2) is 0 Å². The third kappa shape index (κ3) is 5.19. The number of nitrogens with one attached hydrogen (secondary N) is 1. The first-order valence-electron chi connectivity index (χ1n) is 5.17. The van der Waals surface area contributed by atoms with Crippen molar-refractivity contribution >= 4 is 5.91 Å². The second-order valence-electron chi connectivity index (χ2n) is 4.08. The van der Waals surface area contributed by atoms with Crippen LogP contribution in [0.25, 0.3) is 0 Å². The molecule has 3 N–H and O–H groups in total. The normalized spacial score (nSPS) is 13.4. The maximum Gasteiger partial charge on any atom is 0.237 e. The Bertz CT molecular complexity index is 171. The van der Waals surface area contributed by atoms with Crippen LogP contribution < -0.4 is 11.1 Å². The van der Waals surface area contributed by atoms with Crippen molar-refractivity contribution in [2.24, 2.45) is 11.7 Å². The van der Waals surface area contributed by atoms with Gasteiger partial charge in [-0.3, -0.25) is 9.69 Å². The van der Waals surface area contributed by atoms with Crippen molar-refractivity contribution in [3.63, 3.8) is 0 Å². The molecule has 0 aromatic heterocycles. The Labute approximate surface area is 86.8 Å². The van der Waals surface area contributed by atoms with E-state index in [9.17, 15) is 4.79 Å². The predicted octanol–water partition coefficient (Wildman–Crippen LogP) is 0.0376. The van der Waals surface area contributed by atoms with Gasteiger partial charge in [-0.1, -0.05) is 13.8 Å². The Hall–Kier alpha value is -0.610. The number of nitrogens with two attached hydrogens (primary N) is 1. The second-order valence-corrected chi connectivity index (χ2v) is 4.08. The number of likely N-dealkylation sites (N-methyl/N-ethyl adjacent to an activating group) is 1. The molecule has 0 aliphatic rings. The molecule has 1 atom stereocenters. The molecule has 0 saturated carbocycles. The smallest absolute Gasteiger partial charge is 0.237 e. The van der Waals surface area contributed by atoms with Crippen molar-refractivity contribution in [1.82, 2.24) is 10.2 Å². The summed E-state index contributed by atoms with van der Waals surface area (Å²) < 4.78 is 0. The fourth-order valence-corrected chi connectivity index (χ4v) is 1.05. The largest absolute Gasteiger partial charge is 0.354 e. The Morgan fingerprint density at radius 2 is 2.00 bits per heavy atom. The lowest BCUT2D eigenvalue weighted by Gasteiger charge is -2.23. The summed E-state index contributed by atoms with van der Waals surface area (Å²) in [4.78, 5) is 13.5. The zero-order chi connectivity index (χ0) is 11.1. The van der Waals surface area contributed by atoms with Gasteiger partial charge in [0.15, 0.2) is 0 Å². The van der Waals surface area contributed by atoms with Crippen LogP contribution in [0.3, 0.4) is 0 Å². The second kappa shape index (κ2) is 6.79. The molecule has 4 nitrogen and oxygen atoms in total. The first-order chi connectivity index (χ1) is 6.49. The summed E-state index contributed by atoms with van der Waals surface area (Å²) in [5, 5.41) is 2.90. The van der Waals surface area contributed by atoms with E-state index in [0.717, 1.165) is 13.1 Å². The van der Waals surface area contributed by atoms with E-state index in [1.807, 2.05) is 18.9 Å². The summed E-state index contributed by atoms with van der Waals surface area (Å²) in [6, 6.07) is -0.0997. The van der Waals surface area contributed by atoms with Gasteiger partial charge in [-0.15, -0.1) is 0 Å². The number of hydrogen-bond donors (Lipinski definition) is 2. The van der Waals surface area contributed by atoms with Crippen molar-refractivity contribution in [1.29, 1.82) is 0 Å². The van der Waals surface area contributed by atoms with Crippen molar-refractivity contribution in [3.8, 4) is 0 Å². The molecular weight excluding hydrogens is 178 g/mol. The van der Waals surface area contributed by atoms with Crippen molar-refractivity contribution in [2.75, 3.05) is 26.7 Å². The highest BCUT2D eigenvalue weighted by atomic mass is 16.2.